The van der Waals surface area contributed by atoms with Gasteiger partial charge in [0.25, 0.3) is 5.91 Å². The van der Waals surface area contributed by atoms with Gasteiger partial charge >= 0.3 is 0 Å². The molecule has 27 heavy (non-hydrogen) atoms. The van der Waals surface area contributed by atoms with Crippen LogP contribution in [0.4, 0.5) is 0 Å². The van der Waals surface area contributed by atoms with E-state index in [0.29, 0.717) is 40.5 Å². The fourth-order valence-corrected chi connectivity index (χ4v) is 2.77. The summed E-state index contributed by atoms with van der Waals surface area (Å²) in [6.45, 7) is 6.47. The molecule has 2 aromatic carbocycles. The molecule has 0 aliphatic heterocycles. The largest absolute Gasteiger partial charge is 0.494 e. The monoisotopic (exact) mass is 432 g/mol. The highest BCUT2D eigenvalue weighted by Gasteiger charge is 2.11. The van der Waals surface area contributed by atoms with Gasteiger partial charge in [0, 0.05) is 5.56 Å². The van der Waals surface area contributed by atoms with Crippen molar-refractivity contribution in [3.8, 4) is 17.2 Å². The lowest BCUT2D eigenvalue weighted by molar-refractivity contribution is 0.0955. The van der Waals surface area contributed by atoms with Crippen molar-refractivity contribution in [1.82, 2.24) is 5.43 Å². The molecular formula is C20H21BrN2O4. The summed E-state index contributed by atoms with van der Waals surface area (Å²) in [5, 5.41) is 4.00. The number of rotatable bonds is 9. The average Bonchev–Trinajstić information content (AvgIpc) is 2.67. The van der Waals surface area contributed by atoms with Gasteiger partial charge in [0.15, 0.2) is 11.5 Å². The first-order valence-corrected chi connectivity index (χ1v) is 9.05. The number of nitrogens with zero attached hydrogens (tertiary/aromatic N) is 1. The van der Waals surface area contributed by atoms with Gasteiger partial charge in [-0.15, -0.1) is 0 Å². The lowest BCUT2D eigenvalue weighted by Crippen LogP contribution is -2.17. The van der Waals surface area contributed by atoms with Gasteiger partial charge < -0.3 is 14.2 Å². The van der Waals surface area contributed by atoms with E-state index in [1.165, 1.54) is 6.21 Å². The Hall–Kier alpha value is -2.80. The van der Waals surface area contributed by atoms with Crippen molar-refractivity contribution >= 4 is 28.1 Å². The molecule has 0 unspecified atom stereocenters. The van der Waals surface area contributed by atoms with Crippen LogP contribution in [0.1, 0.15) is 22.8 Å². The Labute approximate surface area is 167 Å². The molecule has 142 valence electrons. The van der Waals surface area contributed by atoms with E-state index in [0.717, 1.165) is 5.56 Å². The number of halogens is 1. The van der Waals surface area contributed by atoms with E-state index < -0.39 is 0 Å². The summed E-state index contributed by atoms with van der Waals surface area (Å²) >= 11 is 3.45. The lowest BCUT2D eigenvalue weighted by Gasteiger charge is -2.12. The minimum absolute atomic E-state index is 0.314. The van der Waals surface area contributed by atoms with Gasteiger partial charge in [-0.05, 0) is 64.8 Å². The molecule has 0 bridgehead atoms. The van der Waals surface area contributed by atoms with E-state index >= 15 is 0 Å². The number of benzene rings is 2. The number of methoxy groups -OCH3 is 1. The molecule has 0 aromatic heterocycles. The first-order chi connectivity index (χ1) is 13.1. The van der Waals surface area contributed by atoms with Crippen LogP contribution in [0.3, 0.4) is 0 Å². The predicted molar refractivity (Wildman–Crippen MR) is 109 cm³/mol. The molecule has 1 N–H and O–H groups in total. The second-order valence-corrected chi connectivity index (χ2v) is 6.14. The molecular weight excluding hydrogens is 412 g/mol. The van der Waals surface area contributed by atoms with Gasteiger partial charge in [0.2, 0.25) is 0 Å². The third kappa shape index (κ3) is 5.86. The molecule has 1 amide bonds. The van der Waals surface area contributed by atoms with Crippen molar-refractivity contribution in [3.63, 3.8) is 0 Å². The summed E-state index contributed by atoms with van der Waals surface area (Å²) in [5.41, 5.74) is 3.72. The molecule has 0 spiro atoms. The van der Waals surface area contributed by atoms with E-state index in [9.17, 15) is 4.79 Å². The van der Waals surface area contributed by atoms with E-state index in [4.69, 9.17) is 14.2 Å². The first-order valence-electron chi connectivity index (χ1n) is 8.26. The van der Waals surface area contributed by atoms with Gasteiger partial charge in [-0.25, -0.2) is 5.43 Å². The van der Waals surface area contributed by atoms with Gasteiger partial charge in [-0.1, -0.05) is 12.7 Å². The molecule has 6 nitrogen and oxygen atoms in total. The molecule has 0 radical (unpaired) electrons. The first kappa shape index (κ1) is 20.5. The number of carbonyl (C=O) groups excluding carboxylic acids is 1. The van der Waals surface area contributed by atoms with Crippen LogP contribution in [0.15, 0.2) is 58.6 Å². The predicted octanol–water partition coefficient (Wildman–Crippen LogP) is 4.19. The second kappa shape index (κ2) is 10.4. The van der Waals surface area contributed by atoms with Crippen LogP contribution < -0.4 is 19.6 Å². The number of amides is 1. The minimum Gasteiger partial charge on any atom is -0.494 e. The van der Waals surface area contributed by atoms with E-state index in [2.05, 4.69) is 33.0 Å². The fraction of sp³-hybridized carbons (Fsp3) is 0.200. The third-order valence-corrected chi connectivity index (χ3v) is 3.99. The van der Waals surface area contributed by atoms with Crippen LogP contribution in [-0.4, -0.2) is 32.4 Å². The van der Waals surface area contributed by atoms with Gasteiger partial charge in [-0.2, -0.15) is 5.10 Å². The summed E-state index contributed by atoms with van der Waals surface area (Å²) in [7, 11) is 1.55. The molecule has 0 heterocycles. The maximum absolute atomic E-state index is 12.1. The average molecular weight is 433 g/mol. The molecule has 0 atom stereocenters. The van der Waals surface area contributed by atoms with Gasteiger partial charge in [0.1, 0.15) is 12.4 Å². The number of hydrogen-bond acceptors (Lipinski definition) is 5. The molecule has 0 fully saturated rings. The summed E-state index contributed by atoms with van der Waals surface area (Å²) < 4.78 is 17.0. The molecule has 2 aromatic rings. The van der Waals surface area contributed by atoms with Crippen LogP contribution in [-0.2, 0) is 0 Å². The Morgan fingerprint density at radius 2 is 2.00 bits per heavy atom. The Bertz CT molecular complexity index is 819. The Morgan fingerprint density at radius 1 is 1.26 bits per heavy atom. The summed E-state index contributed by atoms with van der Waals surface area (Å²) in [6.07, 6.45) is 3.18. The molecule has 7 heteroatoms. The van der Waals surface area contributed by atoms with E-state index in [1.54, 1.807) is 43.5 Å². The topological polar surface area (TPSA) is 69.2 Å². The quantitative estimate of drug-likeness (QED) is 0.366. The molecule has 0 aliphatic carbocycles. The molecule has 2 rings (SSSR count). The highest BCUT2D eigenvalue weighted by molar-refractivity contribution is 9.10. The van der Waals surface area contributed by atoms with Crippen molar-refractivity contribution in [2.24, 2.45) is 5.10 Å². The minimum atomic E-state index is -0.314. The SMILES string of the molecule is C=CCOc1c(Br)cc(/C=N/NC(=O)c2ccc(OCC)cc2)cc1OC. The second-order valence-electron chi connectivity index (χ2n) is 5.29. The Morgan fingerprint density at radius 3 is 2.63 bits per heavy atom. The third-order valence-electron chi connectivity index (χ3n) is 3.40. The van der Waals surface area contributed by atoms with Gasteiger partial charge in [0.05, 0.1) is 24.4 Å². The highest BCUT2D eigenvalue weighted by Crippen LogP contribution is 2.36. The number of hydrazone groups is 1. The Balaban J connectivity index is 2.05. The van der Waals surface area contributed by atoms with Crippen molar-refractivity contribution in [2.75, 3.05) is 20.3 Å². The van der Waals surface area contributed by atoms with Crippen LogP contribution in [0.5, 0.6) is 17.2 Å². The normalized spacial score (nSPS) is 10.5. The smallest absolute Gasteiger partial charge is 0.271 e. The van der Waals surface area contributed by atoms with Crippen molar-refractivity contribution < 1.29 is 19.0 Å². The van der Waals surface area contributed by atoms with E-state index in [1.807, 2.05) is 13.0 Å². The maximum Gasteiger partial charge on any atom is 0.271 e. The number of hydrogen-bond donors (Lipinski definition) is 1. The number of carbonyl (C=O) groups is 1. The summed E-state index contributed by atoms with van der Waals surface area (Å²) in [4.78, 5) is 12.1. The zero-order valence-corrected chi connectivity index (χ0v) is 16.8. The van der Waals surface area contributed by atoms with Crippen molar-refractivity contribution in [1.29, 1.82) is 0 Å². The molecule has 0 saturated heterocycles. The standard InChI is InChI=1S/C20H21BrN2O4/c1-4-10-27-19-17(21)11-14(12-18(19)25-3)13-22-23-20(24)15-6-8-16(9-7-15)26-5-2/h4,6-9,11-13H,1,5,10H2,2-3H3,(H,23,24)/b22-13+. The van der Waals surface area contributed by atoms with Crippen LogP contribution in [0.2, 0.25) is 0 Å². The van der Waals surface area contributed by atoms with Crippen molar-refractivity contribution in [3.05, 3.63) is 64.7 Å². The molecule has 0 aliphatic rings. The summed E-state index contributed by atoms with van der Waals surface area (Å²) in [5.74, 6) is 1.53. The van der Waals surface area contributed by atoms with E-state index in [-0.39, 0.29) is 5.91 Å². The maximum atomic E-state index is 12.1. The van der Waals surface area contributed by atoms with Crippen LogP contribution in [0.25, 0.3) is 0 Å². The zero-order valence-electron chi connectivity index (χ0n) is 15.2. The lowest BCUT2D eigenvalue weighted by atomic mass is 10.2. The van der Waals surface area contributed by atoms with Gasteiger partial charge in [-0.3, -0.25) is 4.79 Å². The van der Waals surface area contributed by atoms with Crippen LogP contribution >= 0.6 is 15.9 Å². The molecule has 0 saturated carbocycles. The Kier molecular flexibility index (Phi) is 7.88. The fourth-order valence-electron chi connectivity index (χ4n) is 2.20. The zero-order chi connectivity index (χ0) is 19.6. The van der Waals surface area contributed by atoms with Crippen LogP contribution in [0, 0.1) is 0 Å². The highest BCUT2D eigenvalue weighted by atomic mass is 79.9. The van der Waals surface area contributed by atoms with Crippen molar-refractivity contribution in [2.45, 2.75) is 6.92 Å². The number of nitrogens with one attached hydrogen (secondary N) is 1. The number of ether oxygens (including phenoxy) is 3. The summed E-state index contributed by atoms with van der Waals surface area (Å²) in [6, 6.07) is 10.4.